The maximum atomic E-state index is 12.5. The molecule has 0 bridgehead atoms. The first-order valence-corrected chi connectivity index (χ1v) is 12.6. The highest BCUT2D eigenvalue weighted by Crippen LogP contribution is 2.39. The van der Waals surface area contributed by atoms with Crippen molar-refractivity contribution in [1.29, 1.82) is 0 Å². The molecule has 0 saturated carbocycles. The highest BCUT2D eigenvalue weighted by molar-refractivity contribution is 8.00. The van der Waals surface area contributed by atoms with Crippen molar-refractivity contribution in [3.05, 3.63) is 99.6 Å². The van der Waals surface area contributed by atoms with Crippen LogP contribution >= 0.6 is 23.4 Å². The molecule has 4 rings (SSSR count). The number of carbonyl (C=O) groups is 2. The molecule has 3 aromatic carbocycles. The molecule has 1 saturated heterocycles. The molecule has 3 aromatic rings. The van der Waals surface area contributed by atoms with E-state index in [2.05, 4.69) is 11.4 Å². The van der Waals surface area contributed by atoms with Crippen LogP contribution < -0.4 is 10.1 Å². The third-order valence-electron chi connectivity index (χ3n) is 5.54. The van der Waals surface area contributed by atoms with Gasteiger partial charge in [-0.05, 0) is 72.5 Å². The molecule has 5 nitrogen and oxygen atoms in total. The van der Waals surface area contributed by atoms with Crippen LogP contribution in [0.25, 0.3) is 0 Å². The average molecular weight is 495 g/mol. The first-order valence-electron chi connectivity index (χ1n) is 11.1. The Kier molecular flexibility index (Phi) is 7.80. The maximum absolute atomic E-state index is 12.5. The van der Waals surface area contributed by atoms with Crippen LogP contribution in [0.1, 0.15) is 38.0 Å². The van der Waals surface area contributed by atoms with Crippen LogP contribution in [0, 0.1) is 13.8 Å². The first kappa shape index (κ1) is 24.2. The molecule has 176 valence electrons. The number of ether oxygens (including phenoxy) is 1. The Morgan fingerprint density at radius 1 is 1.06 bits per heavy atom. The van der Waals surface area contributed by atoms with E-state index in [1.165, 1.54) is 0 Å². The van der Waals surface area contributed by atoms with Gasteiger partial charge in [0, 0.05) is 17.1 Å². The van der Waals surface area contributed by atoms with E-state index < -0.39 is 0 Å². The zero-order valence-electron chi connectivity index (χ0n) is 19.2. The highest BCUT2D eigenvalue weighted by atomic mass is 35.5. The van der Waals surface area contributed by atoms with Gasteiger partial charge in [0.25, 0.3) is 5.91 Å². The Morgan fingerprint density at radius 3 is 2.41 bits per heavy atom. The lowest BCUT2D eigenvalue weighted by molar-refractivity contribution is -0.128. The average Bonchev–Trinajstić information content (AvgIpc) is 3.17. The summed E-state index contributed by atoms with van der Waals surface area (Å²) in [4.78, 5) is 26.9. The molecule has 7 heteroatoms. The molecule has 0 aromatic heterocycles. The number of amides is 2. The minimum Gasteiger partial charge on any atom is -0.492 e. The van der Waals surface area contributed by atoms with Gasteiger partial charge in [-0.15, -0.1) is 11.8 Å². The number of benzene rings is 3. The molecule has 2 amide bonds. The minimum atomic E-state index is -0.149. The van der Waals surface area contributed by atoms with Gasteiger partial charge in [-0.3, -0.25) is 9.59 Å². The molecule has 1 aliphatic rings. The second-order valence-electron chi connectivity index (χ2n) is 8.36. The summed E-state index contributed by atoms with van der Waals surface area (Å²) in [5, 5.41) is 3.49. The van der Waals surface area contributed by atoms with Crippen molar-refractivity contribution >= 4 is 35.2 Å². The Bertz CT molecular complexity index is 1150. The van der Waals surface area contributed by atoms with E-state index in [1.807, 2.05) is 67.3 Å². The lowest BCUT2D eigenvalue weighted by Gasteiger charge is -2.24. The Morgan fingerprint density at radius 2 is 1.74 bits per heavy atom. The van der Waals surface area contributed by atoms with Gasteiger partial charge in [0.15, 0.2) is 0 Å². The maximum Gasteiger partial charge on any atom is 0.251 e. The van der Waals surface area contributed by atoms with Gasteiger partial charge in [-0.2, -0.15) is 0 Å². The van der Waals surface area contributed by atoms with Gasteiger partial charge in [0.2, 0.25) is 5.91 Å². The standard InChI is InChI=1S/C27H27ClN2O3S/c1-18-13-19(2)15-24(14-18)33-12-11-29-26(32)21-5-7-22(8-6-21)27-30(25(31)17-34-27)16-20-3-9-23(28)10-4-20/h3-10,13-15,27H,11-12,16-17H2,1-2H3,(H,29,32). The molecule has 1 heterocycles. The number of carbonyl (C=O) groups excluding carboxylic acids is 2. The Labute approximate surface area is 209 Å². The lowest BCUT2D eigenvalue weighted by Crippen LogP contribution is -2.28. The summed E-state index contributed by atoms with van der Waals surface area (Å²) in [5.41, 5.74) is 4.90. The Hall–Kier alpha value is -2.96. The van der Waals surface area contributed by atoms with E-state index in [0.29, 0.717) is 36.0 Å². The van der Waals surface area contributed by atoms with Gasteiger partial charge in [-0.1, -0.05) is 41.9 Å². The van der Waals surface area contributed by atoms with Gasteiger partial charge >= 0.3 is 0 Å². The summed E-state index contributed by atoms with van der Waals surface area (Å²) in [6.45, 7) is 5.39. The molecular weight excluding hydrogens is 468 g/mol. The van der Waals surface area contributed by atoms with Gasteiger partial charge in [-0.25, -0.2) is 0 Å². The third-order valence-corrected chi connectivity index (χ3v) is 7.05. The van der Waals surface area contributed by atoms with Gasteiger partial charge in [0.1, 0.15) is 17.7 Å². The first-order chi connectivity index (χ1) is 16.4. The number of rotatable bonds is 8. The molecule has 0 aliphatic carbocycles. The number of nitrogens with one attached hydrogen (secondary N) is 1. The van der Waals surface area contributed by atoms with Crippen LogP contribution in [0.2, 0.25) is 5.02 Å². The molecule has 0 radical (unpaired) electrons. The van der Waals surface area contributed by atoms with Crippen LogP contribution in [0.3, 0.4) is 0 Å². The van der Waals surface area contributed by atoms with E-state index >= 15 is 0 Å². The molecule has 34 heavy (non-hydrogen) atoms. The smallest absolute Gasteiger partial charge is 0.251 e. The van der Waals surface area contributed by atoms with Crippen LogP contribution in [-0.2, 0) is 11.3 Å². The zero-order chi connectivity index (χ0) is 24.1. The molecule has 1 atom stereocenters. The predicted molar refractivity (Wildman–Crippen MR) is 137 cm³/mol. The monoisotopic (exact) mass is 494 g/mol. The van der Waals surface area contributed by atoms with Crippen molar-refractivity contribution in [3.8, 4) is 5.75 Å². The van der Waals surface area contributed by atoms with Gasteiger partial charge in [0.05, 0.1) is 12.3 Å². The number of aryl methyl sites for hydroxylation is 2. The van der Waals surface area contributed by atoms with Crippen LogP contribution in [0.4, 0.5) is 0 Å². The van der Waals surface area contributed by atoms with Crippen molar-refractivity contribution in [3.63, 3.8) is 0 Å². The number of halogens is 1. The number of nitrogens with zero attached hydrogens (tertiary/aromatic N) is 1. The van der Waals surface area contributed by atoms with Crippen LogP contribution in [0.15, 0.2) is 66.7 Å². The quantitative estimate of drug-likeness (QED) is 0.418. The van der Waals surface area contributed by atoms with Crippen molar-refractivity contribution in [2.45, 2.75) is 25.8 Å². The fraction of sp³-hybridized carbons (Fsp3) is 0.259. The number of hydrogen-bond acceptors (Lipinski definition) is 4. The predicted octanol–water partition coefficient (Wildman–Crippen LogP) is 5.54. The molecule has 1 N–H and O–H groups in total. The van der Waals surface area contributed by atoms with E-state index in [4.69, 9.17) is 16.3 Å². The van der Waals surface area contributed by atoms with Crippen molar-refractivity contribution < 1.29 is 14.3 Å². The van der Waals surface area contributed by atoms with Crippen LogP contribution in [0.5, 0.6) is 5.75 Å². The normalized spacial score (nSPS) is 15.4. The summed E-state index contributed by atoms with van der Waals surface area (Å²) in [7, 11) is 0. The second kappa shape index (κ2) is 11.0. The molecule has 1 unspecified atom stereocenters. The molecular formula is C27H27ClN2O3S. The number of hydrogen-bond donors (Lipinski definition) is 1. The second-order valence-corrected chi connectivity index (χ2v) is 9.87. The van der Waals surface area contributed by atoms with Crippen molar-refractivity contribution in [2.24, 2.45) is 0 Å². The fourth-order valence-electron chi connectivity index (χ4n) is 3.94. The topological polar surface area (TPSA) is 58.6 Å². The third kappa shape index (κ3) is 6.13. The molecule has 1 fully saturated rings. The van der Waals surface area contributed by atoms with E-state index in [0.717, 1.165) is 28.0 Å². The lowest BCUT2D eigenvalue weighted by atomic mass is 10.1. The summed E-state index contributed by atoms with van der Waals surface area (Å²) in [6, 6.07) is 21.1. The van der Waals surface area contributed by atoms with E-state index in [-0.39, 0.29) is 17.2 Å². The number of thioether (sulfide) groups is 1. The minimum absolute atomic E-state index is 0.0773. The zero-order valence-corrected chi connectivity index (χ0v) is 20.8. The summed E-state index contributed by atoms with van der Waals surface area (Å²) in [6.07, 6.45) is 0. The van der Waals surface area contributed by atoms with Crippen molar-refractivity contribution in [1.82, 2.24) is 10.2 Å². The molecule has 1 aliphatic heterocycles. The largest absolute Gasteiger partial charge is 0.492 e. The molecule has 0 spiro atoms. The Balaban J connectivity index is 1.32. The summed E-state index contributed by atoms with van der Waals surface area (Å²) >= 11 is 7.58. The van der Waals surface area contributed by atoms with E-state index in [9.17, 15) is 9.59 Å². The van der Waals surface area contributed by atoms with Gasteiger partial charge < -0.3 is 15.0 Å². The summed E-state index contributed by atoms with van der Waals surface area (Å²) in [5.74, 6) is 1.21. The highest BCUT2D eigenvalue weighted by Gasteiger charge is 2.32. The SMILES string of the molecule is Cc1cc(C)cc(OCCNC(=O)c2ccc(C3SCC(=O)N3Cc3ccc(Cl)cc3)cc2)c1. The summed E-state index contributed by atoms with van der Waals surface area (Å²) < 4.78 is 5.76. The van der Waals surface area contributed by atoms with E-state index in [1.54, 1.807) is 23.9 Å². The fourth-order valence-corrected chi connectivity index (χ4v) is 5.25. The van der Waals surface area contributed by atoms with Crippen LogP contribution in [-0.4, -0.2) is 35.6 Å². The van der Waals surface area contributed by atoms with Crippen molar-refractivity contribution in [2.75, 3.05) is 18.9 Å².